The molecule has 4 N–H and O–H groups in total. The van der Waals surface area contributed by atoms with E-state index in [9.17, 15) is 20.0 Å². The van der Waals surface area contributed by atoms with Gasteiger partial charge in [0.25, 0.3) is 11.6 Å². The Balaban J connectivity index is 1.60. The Morgan fingerprint density at radius 3 is 2.84 bits per heavy atom. The molecule has 3 aromatic rings. The molecule has 4 rings (SSSR count). The summed E-state index contributed by atoms with van der Waals surface area (Å²) in [4.78, 5) is 25.4. The number of amides is 1. The lowest BCUT2D eigenvalue weighted by Gasteiger charge is -2.13. The number of rotatable bonds is 7. The smallest absolute Gasteiger partial charge is 0.292 e. The van der Waals surface area contributed by atoms with Crippen LogP contribution < -0.4 is 11.2 Å². The molecule has 1 amide bonds. The van der Waals surface area contributed by atoms with E-state index in [2.05, 4.69) is 40.7 Å². The normalized spacial score (nSPS) is 14.2. The zero-order valence-corrected chi connectivity index (χ0v) is 16.6. The quantitative estimate of drug-likeness (QED) is 0.256. The number of nitro benzene ring substituents is 1. The third-order valence-corrected chi connectivity index (χ3v) is 4.82. The highest BCUT2D eigenvalue weighted by molar-refractivity contribution is 5.95. The zero-order valence-electron chi connectivity index (χ0n) is 16.6. The first-order valence-electron chi connectivity index (χ1n) is 9.50. The number of carbonyl (C=O) groups is 1. The number of nitro groups is 1. The molecule has 15 heteroatoms. The lowest BCUT2D eigenvalue weighted by Crippen LogP contribution is -2.26. The number of phenolic OH excluding ortho intramolecular Hbond substituents is 1. The van der Waals surface area contributed by atoms with Gasteiger partial charge in [0.2, 0.25) is 11.6 Å². The number of anilines is 1. The Kier molecular flexibility index (Phi) is 5.71. The number of nitrogens with one attached hydrogen (secondary N) is 1. The van der Waals surface area contributed by atoms with E-state index >= 15 is 0 Å². The monoisotopic (exact) mass is 442 g/mol. The standard InChI is InChI=1S/C17H18N10O5/c18-15-16(23-32-22-15)26-14(12(20-24-26)9-25-5-1-2-6-25)17(29)21-19-8-10-7-11(27(30)31)3-4-13(10)28/h3-4,7-8,28H,1-2,5-6,9H2,(H2,18,22)(H,21,29)/b19-8+. The molecule has 1 aliphatic rings. The van der Waals surface area contributed by atoms with Gasteiger partial charge in [-0.05, 0) is 42.3 Å². The van der Waals surface area contributed by atoms with Gasteiger partial charge < -0.3 is 10.8 Å². The number of carbonyl (C=O) groups excluding carboxylic acids is 1. The maximum absolute atomic E-state index is 12.9. The van der Waals surface area contributed by atoms with Crippen molar-refractivity contribution < 1.29 is 19.5 Å². The molecule has 1 aromatic carbocycles. The van der Waals surface area contributed by atoms with Gasteiger partial charge in [0.1, 0.15) is 11.4 Å². The van der Waals surface area contributed by atoms with Crippen LogP contribution in [0.25, 0.3) is 5.82 Å². The highest BCUT2D eigenvalue weighted by atomic mass is 16.6. The van der Waals surface area contributed by atoms with Crippen LogP contribution in [0.15, 0.2) is 27.9 Å². The van der Waals surface area contributed by atoms with Crippen LogP contribution >= 0.6 is 0 Å². The summed E-state index contributed by atoms with van der Waals surface area (Å²) in [6.45, 7) is 2.11. The van der Waals surface area contributed by atoms with Crippen LogP contribution in [0.5, 0.6) is 5.75 Å². The number of hydrazone groups is 1. The Hall–Kier alpha value is -4.40. The highest BCUT2D eigenvalue weighted by Crippen LogP contribution is 2.22. The van der Waals surface area contributed by atoms with E-state index in [-0.39, 0.29) is 34.3 Å². The molecule has 0 atom stereocenters. The number of aromatic hydroxyl groups is 1. The molecule has 15 nitrogen and oxygen atoms in total. The summed E-state index contributed by atoms with van der Waals surface area (Å²) < 4.78 is 5.70. The molecule has 0 unspecified atom stereocenters. The van der Waals surface area contributed by atoms with Gasteiger partial charge in [0, 0.05) is 24.2 Å². The van der Waals surface area contributed by atoms with Gasteiger partial charge >= 0.3 is 0 Å². The van der Waals surface area contributed by atoms with Crippen LogP contribution in [0.1, 0.15) is 34.6 Å². The van der Waals surface area contributed by atoms with Crippen molar-refractivity contribution >= 4 is 23.6 Å². The number of nitrogen functional groups attached to an aromatic ring is 1. The summed E-state index contributed by atoms with van der Waals surface area (Å²) in [5.74, 6) is -1.01. The van der Waals surface area contributed by atoms with Gasteiger partial charge in [-0.1, -0.05) is 5.21 Å². The van der Waals surface area contributed by atoms with Gasteiger partial charge in [0.15, 0.2) is 5.69 Å². The second-order valence-corrected chi connectivity index (χ2v) is 6.95. The molecule has 1 saturated heterocycles. The number of hydrogen-bond donors (Lipinski definition) is 3. The molecule has 32 heavy (non-hydrogen) atoms. The molecule has 3 heterocycles. The summed E-state index contributed by atoms with van der Waals surface area (Å²) in [5, 5.41) is 39.8. The van der Waals surface area contributed by atoms with Crippen LogP contribution in [-0.2, 0) is 6.54 Å². The molecule has 0 aliphatic carbocycles. The topological polar surface area (TPSA) is 204 Å². The Bertz CT molecular complexity index is 1180. The van der Waals surface area contributed by atoms with Gasteiger partial charge in [-0.2, -0.15) is 9.78 Å². The number of nitrogens with two attached hydrogens (primary N) is 1. The lowest BCUT2D eigenvalue weighted by atomic mass is 10.2. The van der Waals surface area contributed by atoms with Crippen molar-refractivity contribution in [3.63, 3.8) is 0 Å². The minimum atomic E-state index is -0.687. The van der Waals surface area contributed by atoms with E-state index < -0.39 is 10.8 Å². The Morgan fingerprint density at radius 2 is 2.16 bits per heavy atom. The predicted octanol–water partition coefficient (Wildman–Crippen LogP) is 0.206. The number of nitrogens with zero attached hydrogens (tertiary/aromatic N) is 8. The number of aromatic nitrogens is 5. The number of non-ortho nitro benzene ring substituents is 1. The van der Waals surface area contributed by atoms with Crippen molar-refractivity contribution in [1.29, 1.82) is 0 Å². The molecular formula is C17H18N10O5. The van der Waals surface area contributed by atoms with Gasteiger partial charge in [-0.25, -0.2) is 10.1 Å². The van der Waals surface area contributed by atoms with Gasteiger partial charge in [0.05, 0.1) is 11.1 Å². The SMILES string of the molecule is Nc1nonc1-n1nnc(CN2CCCC2)c1C(=O)N/N=C/c1cc([N+](=O)[O-])ccc1O. The molecule has 0 radical (unpaired) electrons. The largest absolute Gasteiger partial charge is 0.507 e. The number of likely N-dealkylation sites (tertiary alicyclic amines) is 1. The molecule has 2 aromatic heterocycles. The molecular weight excluding hydrogens is 424 g/mol. The maximum Gasteiger partial charge on any atom is 0.292 e. The second-order valence-electron chi connectivity index (χ2n) is 6.95. The van der Waals surface area contributed by atoms with E-state index in [4.69, 9.17) is 5.73 Å². The summed E-state index contributed by atoms with van der Waals surface area (Å²) >= 11 is 0. The van der Waals surface area contributed by atoms with Crippen molar-refractivity contribution in [2.75, 3.05) is 18.8 Å². The van der Waals surface area contributed by atoms with E-state index in [1.54, 1.807) is 0 Å². The first kappa shape index (κ1) is 20.9. The van der Waals surface area contributed by atoms with Crippen molar-refractivity contribution in [3.05, 3.63) is 45.3 Å². The van der Waals surface area contributed by atoms with E-state index in [1.165, 1.54) is 0 Å². The Labute approximate surface area is 179 Å². The first-order valence-corrected chi connectivity index (χ1v) is 9.50. The minimum Gasteiger partial charge on any atom is -0.507 e. The van der Waals surface area contributed by atoms with Crippen molar-refractivity contribution in [3.8, 4) is 11.6 Å². The highest BCUT2D eigenvalue weighted by Gasteiger charge is 2.26. The van der Waals surface area contributed by atoms with Gasteiger partial charge in [-0.3, -0.25) is 19.8 Å². The fourth-order valence-corrected chi connectivity index (χ4v) is 3.26. The summed E-state index contributed by atoms with van der Waals surface area (Å²) in [5.41, 5.74) is 8.26. The minimum absolute atomic E-state index is 0.00405. The van der Waals surface area contributed by atoms with Crippen molar-refractivity contribution in [1.82, 2.24) is 35.6 Å². The summed E-state index contributed by atoms with van der Waals surface area (Å²) in [6.07, 6.45) is 3.18. The second kappa shape index (κ2) is 8.76. The average molecular weight is 442 g/mol. The molecule has 0 saturated carbocycles. The van der Waals surface area contributed by atoms with Crippen LogP contribution in [0.3, 0.4) is 0 Å². The lowest BCUT2D eigenvalue weighted by molar-refractivity contribution is -0.384. The Morgan fingerprint density at radius 1 is 1.38 bits per heavy atom. The van der Waals surface area contributed by atoms with E-state index in [0.717, 1.165) is 55.0 Å². The molecule has 166 valence electrons. The fraction of sp³-hybridized carbons (Fsp3) is 0.294. The zero-order chi connectivity index (χ0) is 22.7. The van der Waals surface area contributed by atoms with Gasteiger partial charge in [-0.15, -0.1) is 5.10 Å². The van der Waals surface area contributed by atoms with Crippen molar-refractivity contribution in [2.24, 2.45) is 5.10 Å². The predicted molar refractivity (Wildman–Crippen MR) is 108 cm³/mol. The fourth-order valence-electron chi connectivity index (χ4n) is 3.26. The summed E-state index contributed by atoms with van der Waals surface area (Å²) in [6, 6.07) is 3.43. The van der Waals surface area contributed by atoms with Crippen LogP contribution in [0.2, 0.25) is 0 Å². The van der Waals surface area contributed by atoms with Crippen LogP contribution in [0, 0.1) is 10.1 Å². The molecule has 0 bridgehead atoms. The average Bonchev–Trinajstić information content (AvgIpc) is 3.51. The molecule has 1 fully saturated rings. The number of benzene rings is 1. The van der Waals surface area contributed by atoms with E-state index in [1.807, 2.05) is 0 Å². The maximum atomic E-state index is 12.9. The number of phenols is 1. The first-order chi connectivity index (χ1) is 15.4. The van der Waals surface area contributed by atoms with Crippen LogP contribution in [0.4, 0.5) is 11.5 Å². The van der Waals surface area contributed by atoms with Crippen molar-refractivity contribution in [2.45, 2.75) is 19.4 Å². The summed E-state index contributed by atoms with van der Waals surface area (Å²) in [7, 11) is 0. The third kappa shape index (κ3) is 4.22. The number of hydrogen-bond acceptors (Lipinski definition) is 12. The third-order valence-electron chi connectivity index (χ3n) is 4.82. The molecule has 1 aliphatic heterocycles. The van der Waals surface area contributed by atoms with E-state index in [0.29, 0.717) is 12.2 Å². The molecule has 0 spiro atoms. The van der Waals surface area contributed by atoms with Crippen LogP contribution in [-0.4, -0.2) is 65.4 Å².